The zero-order valence-corrected chi connectivity index (χ0v) is 23.9. The highest BCUT2D eigenvalue weighted by molar-refractivity contribution is 6.53. The largest absolute Gasteiger partial charge is 0.326 e. The normalized spacial score (nSPS) is 21.7. The summed E-state index contributed by atoms with van der Waals surface area (Å²) in [4.78, 5) is 37.8. The maximum Gasteiger partial charge on any atom is 0.260 e. The molecule has 3 amide bonds. The average molecular weight is 648 g/mol. The van der Waals surface area contributed by atoms with Gasteiger partial charge in [-0.1, -0.05) is 34.8 Å². The van der Waals surface area contributed by atoms with Crippen LogP contribution >= 0.6 is 58.0 Å². The van der Waals surface area contributed by atoms with Crippen molar-refractivity contribution in [3.05, 3.63) is 86.9 Å². The van der Waals surface area contributed by atoms with Crippen molar-refractivity contribution in [2.75, 3.05) is 16.0 Å². The third kappa shape index (κ3) is 6.02. The van der Waals surface area contributed by atoms with Crippen LogP contribution in [0.5, 0.6) is 0 Å². The number of rotatable bonds is 7. The molecule has 0 heterocycles. The summed E-state index contributed by atoms with van der Waals surface area (Å²) in [5.74, 6) is -7.44. The van der Waals surface area contributed by atoms with E-state index < -0.39 is 52.2 Å². The Morgan fingerprint density at radius 2 is 1.27 bits per heavy atom. The van der Waals surface area contributed by atoms with Crippen molar-refractivity contribution in [2.24, 2.45) is 11.8 Å². The zero-order chi connectivity index (χ0) is 29.0. The Morgan fingerprint density at radius 1 is 0.750 bits per heavy atom. The average Bonchev–Trinajstić information content (AvgIpc) is 3.70. The summed E-state index contributed by atoms with van der Waals surface area (Å²) in [5.41, 5.74) is 1.65. The number of benzene rings is 3. The van der Waals surface area contributed by atoms with Crippen LogP contribution in [0.25, 0.3) is 0 Å². The van der Waals surface area contributed by atoms with E-state index in [2.05, 4.69) is 16.0 Å². The molecular weight excluding hydrogens is 630 g/mol. The summed E-state index contributed by atoms with van der Waals surface area (Å²) >= 11 is 31.2. The Bertz CT molecular complexity index is 1510. The van der Waals surface area contributed by atoms with Crippen LogP contribution in [0.1, 0.15) is 28.3 Å². The number of carbonyl (C=O) groups is 3. The number of carbonyl (C=O) groups excluding carboxylic acids is 3. The predicted octanol–water partition coefficient (Wildman–Crippen LogP) is 8.02. The van der Waals surface area contributed by atoms with E-state index in [-0.39, 0.29) is 16.3 Å². The van der Waals surface area contributed by atoms with Crippen LogP contribution in [-0.2, 0) is 9.59 Å². The van der Waals surface area contributed by atoms with Crippen LogP contribution in [0.2, 0.25) is 15.1 Å². The molecule has 2 aliphatic carbocycles. The van der Waals surface area contributed by atoms with E-state index >= 15 is 0 Å². The molecule has 0 aliphatic heterocycles. The van der Waals surface area contributed by atoms with Crippen molar-refractivity contribution < 1.29 is 23.2 Å². The molecule has 2 aliphatic rings. The molecule has 40 heavy (non-hydrogen) atoms. The zero-order valence-electron chi connectivity index (χ0n) is 20.1. The van der Waals surface area contributed by atoms with E-state index in [1.165, 1.54) is 42.5 Å². The minimum Gasteiger partial charge on any atom is -0.326 e. The van der Waals surface area contributed by atoms with Crippen molar-refractivity contribution in [3.8, 4) is 0 Å². The van der Waals surface area contributed by atoms with E-state index in [0.717, 1.165) is 0 Å². The Morgan fingerprint density at radius 3 is 1.85 bits per heavy atom. The summed E-state index contributed by atoms with van der Waals surface area (Å²) in [5, 5.41) is 8.69. The molecule has 6 nitrogen and oxygen atoms in total. The summed E-state index contributed by atoms with van der Waals surface area (Å²) in [6.45, 7) is 0. The first-order chi connectivity index (χ1) is 18.8. The van der Waals surface area contributed by atoms with Gasteiger partial charge < -0.3 is 16.0 Å². The molecule has 3 aromatic carbocycles. The lowest BCUT2D eigenvalue weighted by Crippen LogP contribution is -2.18. The molecule has 0 spiro atoms. The van der Waals surface area contributed by atoms with Gasteiger partial charge in [-0.2, -0.15) is 0 Å². The first-order valence-corrected chi connectivity index (χ1v) is 13.7. The number of amides is 3. The van der Waals surface area contributed by atoms with Gasteiger partial charge in [0.15, 0.2) is 0 Å². The highest BCUT2D eigenvalue weighted by Gasteiger charge is 2.67. The second kappa shape index (κ2) is 10.7. The number of anilines is 3. The monoisotopic (exact) mass is 645 g/mol. The standard InChI is InChI=1S/C27H18Cl5F2N3O3/c28-13-7-12(8-14(29)9-13)21-22(27(21,31)32)25(40)37-17-5-6-20(30)18(10-17)23(38)35-15-1-3-16(4-2-15)36-24(39)19-11-26(19,33)34/h1-10,19,21-22H,11H2,(H,35,38)(H,36,39)(H,37,40)/t19?,21-,22+/m0/s1. The van der Waals surface area contributed by atoms with Crippen molar-refractivity contribution in [3.63, 3.8) is 0 Å². The molecule has 3 aromatic rings. The van der Waals surface area contributed by atoms with Crippen molar-refractivity contribution in [1.29, 1.82) is 0 Å². The Labute approximate surface area is 252 Å². The van der Waals surface area contributed by atoms with Gasteiger partial charge in [0, 0.05) is 39.4 Å². The fourth-order valence-electron chi connectivity index (χ4n) is 4.38. The maximum atomic E-state index is 13.1. The number of hydrogen-bond donors (Lipinski definition) is 3. The van der Waals surface area contributed by atoms with Gasteiger partial charge in [-0.25, -0.2) is 8.78 Å². The molecule has 13 heteroatoms. The molecule has 3 N–H and O–H groups in total. The highest BCUT2D eigenvalue weighted by Crippen LogP contribution is 2.65. The fraction of sp³-hybridized carbons (Fsp3) is 0.222. The molecule has 1 unspecified atom stereocenters. The van der Waals surface area contributed by atoms with Gasteiger partial charge in [-0.15, -0.1) is 23.2 Å². The molecule has 0 radical (unpaired) electrons. The van der Waals surface area contributed by atoms with Crippen LogP contribution in [0.3, 0.4) is 0 Å². The Balaban J connectivity index is 1.23. The first-order valence-electron chi connectivity index (χ1n) is 11.8. The van der Waals surface area contributed by atoms with E-state index in [1.54, 1.807) is 18.2 Å². The van der Waals surface area contributed by atoms with Crippen LogP contribution in [-0.4, -0.2) is 28.0 Å². The minimum atomic E-state index is -2.97. The maximum absolute atomic E-state index is 13.1. The molecule has 0 bridgehead atoms. The van der Waals surface area contributed by atoms with E-state index in [4.69, 9.17) is 58.0 Å². The van der Waals surface area contributed by atoms with Gasteiger partial charge in [0.05, 0.1) is 16.5 Å². The topological polar surface area (TPSA) is 87.3 Å². The summed E-state index contributed by atoms with van der Waals surface area (Å²) in [7, 11) is 0. The second-order valence-corrected chi connectivity index (χ2v) is 12.3. The van der Waals surface area contributed by atoms with Crippen LogP contribution in [0, 0.1) is 11.8 Å². The quantitative estimate of drug-likeness (QED) is 0.227. The van der Waals surface area contributed by atoms with Crippen LogP contribution in [0.4, 0.5) is 25.8 Å². The molecule has 2 saturated carbocycles. The third-order valence-electron chi connectivity index (χ3n) is 6.61. The third-order valence-corrected chi connectivity index (χ3v) is 8.32. The van der Waals surface area contributed by atoms with Crippen molar-refractivity contribution in [1.82, 2.24) is 0 Å². The molecule has 3 atom stereocenters. The van der Waals surface area contributed by atoms with Gasteiger partial charge in [-0.3, -0.25) is 14.4 Å². The summed E-state index contributed by atoms with van der Waals surface area (Å²) < 4.78 is 24.8. The molecule has 5 rings (SSSR count). The lowest BCUT2D eigenvalue weighted by molar-refractivity contribution is -0.119. The molecule has 2 fully saturated rings. The SMILES string of the molecule is O=C(Nc1ccc(NC(=O)C2CC2(F)F)cc1)c1cc(NC(=O)[C@H]2[C@H](c3cc(Cl)cc(Cl)c3)C2(Cl)Cl)ccc1Cl. The Kier molecular flexibility index (Phi) is 7.70. The predicted molar refractivity (Wildman–Crippen MR) is 153 cm³/mol. The summed E-state index contributed by atoms with van der Waals surface area (Å²) in [6.07, 6.45) is -0.468. The van der Waals surface area contributed by atoms with Gasteiger partial charge in [-0.05, 0) is 66.2 Å². The number of halogens is 7. The number of nitrogens with one attached hydrogen (secondary N) is 3. The van der Waals surface area contributed by atoms with Crippen molar-refractivity contribution >= 4 is 92.8 Å². The lowest BCUT2D eigenvalue weighted by Gasteiger charge is -2.11. The van der Waals surface area contributed by atoms with Crippen LogP contribution < -0.4 is 16.0 Å². The van der Waals surface area contributed by atoms with Gasteiger partial charge >= 0.3 is 0 Å². The van der Waals surface area contributed by atoms with E-state index in [1.807, 2.05) is 0 Å². The van der Waals surface area contributed by atoms with Gasteiger partial charge in [0.25, 0.3) is 11.8 Å². The molecule has 208 valence electrons. The lowest BCUT2D eigenvalue weighted by atomic mass is 10.1. The molecule has 0 aromatic heterocycles. The first kappa shape index (κ1) is 28.9. The molecule has 0 saturated heterocycles. The highest BCUT2D eigenvalue weighted by atomic mass is 35.5. The van der Waals surface area contributed by atoms with Crippen LogP contribution in [0.15, 0.2) is 60.7 Å². The minimum absolute atomic E-state index is 0.0739. The second-order valence-electron chi connectivity index (χ2n) is 9.55. The number of hydrogen-bond acceptors (Lipinski definition) is 3. The van der Waals surface area contributed by atoms with E-state index in [0.29, 0.717) is 27.0 Å². The Hall–Kier alpha value is -2.62. The fourth-order valence-corrected chi connectivity index (χ4v) is 5.96. The van der Waals surface area contributed by atoms with E-state index in [9.17, 15) is 23.2 Å². The number of alkyl halides is 4. The smallest absolute Gasteiger partial charge is 0.260 e. The summed E-state index contributed by atoms with van der Waals surface area (Å²) in [6, 6.07) is 15.1. The van der Waals surface area contributed by atoms with Gasteiger partial charge in [0.1, 0.15) is 10.3 Å². The van der Waals surface area contributed by atoms with Crippen molar-refractivity contribution in [2.45, 2.75) is 22.6 Å². The molecular formula is C27H18Cl5F2N3O3. The van der Waals surface area contributed by atoms with Gasteiger partial charge in [0.2, 0.25) is 11.8 Å².